The van der Waals surface area contributed by atoms with Crippen molar-refractivity contribution in [1.29, 1.82) is 0 Å². The normalized spacial score (nSPS) is 10.0. The number of rotatable bonds is 8. The van der Waals surface area contributed by atoms with Crippen LogP contribution >= 0.6 is 21.6 Å². The van der Waals surface area contributed by atoms with Crippen LogP contribution in [-0.2, 0) is 9.59 Å². The summed E-state index contributed by atoms with van der Waals surface area (Å²) >= 11 is 0. The highest BCUT2D eigenvalue weighted by molar-refractivity contribution is 8.76. The van der Waals surface area contributed by atoms with Crippen LogP contribution in [0.2, 0.25) is 0 Å². The molecule has 0 bridgehead atoms. The molecule has 4 N–H and O–H groups in total. The van der Waals surface area contributed by atoms with E-state index in [2.05, 4.69) is 21.3 Å². The average Bonchev–Trinajstić information content (AvgIpc) is 2.41. The van der Waals surface area contributed by atoms with Crippen LogP contribution in [0.5, 0.6) is 0 Å². The Bertz CT molecular complexity index is 405. The van der Waals surface area contributed by atoms with E-state index in [1.165, 1.54) is 28.6 Å². The Labute approximate surface area is 137 Å². The van der Waals surface area contributed by atoms with E-state index in [0.29, 0.717) is 18.7 Å². The molecular formula is C12H22N4O4S2. The average molecular weight is 350 g/mol. The highest BCUT2D eigenvalue weighted by Crippen LogP contribution is 2.19. The summed E-state index contributed by atoms with van der Waals surface area (Å²) in [6, 6.07) is -1.06. The number of carbonyl (C=O) groups excluding carboxylic acids is 4. The van der Waals surface area contributed by atoms with Crippen molar-refractivity contribution in [3.05, 3.63) is 0 Å². The molecule has 0 rings (SSSR count). The standard InChI is InChI=1S/C12H22N4O4S2/c1-8(2)6-9(17)15-12(20)14-4-5-21-22-7-10(18)16-11(19)13-3/h8H,4-7H2,1-3H3,(H2,13,16,18,19)(H2,14,15,17,20). The second-order valence-corrected chi connectivity index (χ2v) is 7.20. The molecule has 0 unspecified atom stereocenters. The predicted octanol–water partition coefficient (Wildman–Crippen LogP) is 0.695. The van der Waals surface area contributed by atoms with E-state index in [1.807, 2.05) is 13.8 Å². The number of urea groups is 2. The van der Waals surface area contributed by atoms with Gasteiger partial charge in [0.2, 0.25) is 11.8 Å². The fourth-order valence-electron chi connectivity index (χ4n) is 1.18. The van der Waals surface area contributed by atoms with Gasteiger partial charge in [-0.1, -0.05) is 35.4 Å². The number of imide groups is 2. The maximum Gasteiger partial charge on any atom is 0.321 e. The van der Waals surface area contributed by atoms with Crippen molar-refractivity contribution in [2.45, 2.75) is 20.3 Å². The van der Waals surface area contributed by atoms with Gasteiger partial charge in [-0.15, -0.1) is 0 Å². The Hall–Kier alpha value is -1.42. The van der Waals surface area contributed by atoms with Crippen molar-refractivity contribution in [2.75, 3.05) is 25.1 Å². The zero-order chi connectivity index (χ0) is 17.0. The number of carbonyl (C=O) groups is 4. The molecule has 0 spiro atoms. The molecule has 0 heterocycles. The van der Waals surface area contributed by atoms with Gasteiger partial charge < -0.3 is 10.6 Å². The van der Waals surface area contributed by atoms with E-state index < -0.39 is 12.1 Å². The van der Waals surface area contributed by atoms with Crippen LogP contribution in [0.15, 0.2) is 0 Å². The van der Waals surface area contributed by atoms with E-state index in [9.17, 15) is 19.2 Å². The monoisotopic (exact) mass is 350 g/mol. The van der Waals surface area contributed by atoms with E-state index in [1.54, 1.807) is 0 Å². The third-order valence-electron chi connectivity index (χ3n) is 2.07. The predicted molar refractivity (Wildman–Crippen MR) is 88.5 cm³/mol. The first-order valence-electron chi connectivity index (χ1n) is 6.68. The first kappa shape index (κ1) is 20.6. The molecule has 0 aliphatic rings. The van der Waals surface area contributed by atoms with Crippen molar-refractivity contribution in [3.63, 3.8) is 0 Å². The summed E-state index contributed by atoms with van der Waals surface area (Å²) < 4.78 is 0. The van der Waals surface area contributed by atoms with Gasteiger partial charge in [0.25, 0.3) is 0 Å². The maximum atomic E-state index is 11.4. The highest BCUT2D eigenvalue weighted by Gasteiger charge is 2.09. The summed E-state index contributed by atoms with van der Waals surface area (Å²) in [4.78, 5) is 44.8. The summed E-state index contributed by atoms with van der Waals surface area (Å²) in [5.41, 5.74) is 0. The molecule has 126 valence electrons. The molecule has 6 amide bonds. The molecule has 0 aliphatic heterocycles. The maximum absolute atomic E-state index is 11.4. The third kappa shape index (κ3) is 12.3. The molecular weight excluding hydrogens is 328 g/mol. The van der Waals surface area contributed by atoms with Gasteiger partial charge >= 0.3 is 12.1 Å². The summed E-state index contributed by atoms with van der Waals surface area (Å²) in [7, 11) is 4.08. The Morgan fingerprint density at radius 3 is 2.18 bits per heavy atom. The topological polar surface area (TPSA) is 116 Å². The lowest BCUT2D eigenvalue weighted by molar-refractivity contribution is -0.120. The summed E-state index contributed by atoms with van der Waals surface area (Å²) in [6.45, 7) is 4.16. The Morgan fingerprint density at radius 1 is 0.955 bits per heavy atom. The zero-order valence-electron chi connectivity index (χ0n) is 12.9. The zero-order valence-corrected chi connectivity index (χ0v) is 14.5. The lowest BCUT2D eigenvalue weighted by atomic mass is 10.1. The molecule has 0 saturated carbocycles. The summed E-state index contributed by atoms with van der Waals surface area (Å²) in [5.74, 6) is 0.212. The molecule has 0 saturated heterocycles. The van der Waals surface area contributed by atoms with Crippen molar-refractivity contribution in [1.82, 2.24) is 21.3 Å². The minimum atomic E-state index is -0.542. The van der Waals surface area contributed by atoms with Gasteiger partial charge in [-0.3, -0.25) is 20.2 Å². The molecule has 0 aliphatic carbocycles. The van der Waals surface area contributed by atoms with Gasteiger partial charge in [-0.2, -0.15) is 0 Å². The van der Waals surface area contributed by atoms with Crippen LogP contribution in [0.25, 0.3) is 0 Å². The molecule has 0 aromatic carbocycles. The molecule has 0 atom stereocenters. The van der Waals surface area contributed by atoms with Gasteiger partial charge in [0, 0.05) is 25.8 Å². The molecule has 8 nitrogen and oxygen atoms in total. The molecule has 22 heavy (non-hydrogen) atoms. The van der Waals surface area contributed by atoms with Gasteiger partial charge in [0.15, 0.2) is 0 Å². The summed E-state index contributed by atoms with van der Waals surface area (Å²) in [5, 5.41) is 9.19. The van der Waals surface area contributed by atoms with Crippen molar-refractivity contribution < 1.29 is 19.2 Å². The largest absolute Gasteiger partial charge is 0.341 e. The highest BCUT2D eigenvalue weighted by atomic mass is 33.1. The van der Waals surface area contributed by atoms with Crippen LogP contribution < -0.4 is 21.3 Å². The van der Waals surface area contributed by atoms with E-state index in [-0.39, 0.29) is 23.5 Å². The van der Waals surface area contributed by atoms with Gasteiger partial charge in [-0.25, -0.2) is 9.59 Å². The third-order valence-corrected chi connectivity index (χ3v) is 4.34. The number of hydrogen-bond acceptors (Lipinski definition) is 6. The van der Waals surface area contributed by atoms with Gasteiger partial charge in [0.05, 0.1) is 5.75 Å². The quantitative estimate of drug-likeness (QED) is 0.378. The van der Waals surface area contributed by atoms with Crippen LogP contribution in [0.4, 0.5) is 9.59 Å². The summed E-state index contributed by atoms with van der Waals surface area (Å²) in [6.07, 6.45) is 0.304. The Morgan fingerprint density at radius 2 is 1.59 bits per heavy atom. The van der Waals surface area contributed by atoms with Crippen molar-refractivity contribution in [2.24, 2.45) is 5.92 Å². The molecule has 0 aromatic rings. The van der Waals surface area contributed by atoms with Crippen LogP contribution in [0.1, 0.15) is 20.3 Å². The number of hydrogen-bond donors (Lipinski definition) is 4. The van der Waals surface area contributed by atoms with Crippen LogP contribution in [0, 0.1) is 5.92 Å². The first-order chi connectivity index (χ1) is 10.3. The van der Waals surface area contributed by atoms with Crippen LogP contribution in [-0.4, -0.2) is 49.0 Å². The fourth-order valence-corrected chi connectivity index (χ4v) is 2.92. The molecule has 0 aromatic heterocycles. The van der Waals surface area contributed by atoms with E-state index in [4.69, 9.17) is 0 Å². The lowest BCUT2D eigenvalue weighted by Gasteiger charge is -2.07. The minimum absolute atomic E-state index is 0.136. The first-order valence-corrected chi connectivity index (χ1v) is 9.17. The molecule has 10 heteroatoms. The SMILES string of the molecule is CNC(=O)NC(=O)CSSCCNC(=O)NC(=O)CC(C)C. The number of nitrogens with one attached hydrogen (secondary N) is 4. The van der Waals surface area contributed by atoms with Crippen molar-refractivity contribution >= 4 is 45.5 Å². The molecule has 0 fully saturated rings. The van der Waals surface area contributed by atoms with E-state index in [0.717, 1.165) is 0 Å². The lowest BCUT2D eigenvalue weighted by Crippen LogP contribution is -2.40. The van der Waals surface area contributed by atoms with Crippen LogP contribution in [0.3, 0.4) is 0 Å². The van der Waals surface area contributed by atoms with Gasteiger partial charge in [-0.05, 0) is 5.92 Å². The Balaban J connectivity index is 3.57. The molecule has 0 radical (unpaired) electrons. The second-order valence-electron chi connectivity index (χ2n) is 4.61. The van der Waals surface area contributed by atoms with Gasteiger partial charge in [0.1, 0.15) is 0 Å². The van der Waals surface area contributed by atoms with E-state index >= 15 is 0 Å². The minimum Gasteiger partial charge on any atom is -0.341 e. The smallest absolute Gasteiger partial charge is 0.321 e. The number of amides is 6. The van der Waals surface area contributed by atoms with Crippen molar-refractivity contribution in [3.8, 4) is 0 Å². The Kier molecular flexibility index (Phi) is 11.4. The fraction of sp³-hybridized carbons (Fsp3) is 0.667. The second kappa shape index (κ2) is 12.2.